The first kappa shape index (κ1) is 9.74. The molecule has 0 saturated carbocycles. The summed E-state index contributed by atoms with van der Waals surface area (Å²) in [5, 5.41) is 3.01. The second-order valence-corrected chi connectivity index (χ2v) is 3.00. The molecule has 0 bridgehead atoms. The van der Waals surface area contributed by atoms with Gasteiger partial charge in [-0.05, 0) is 31.2 Å². The van der Waals surface area contributed by atoms with E-state index in [4.69, 9.17) is 5.73 Å². The van der Waals surface area contributed by atoms with Gasteiger partial charge in [-0.2, -0.15) is 0 Å². The molecule has 1 aromatic rings. The molecule has 0 heterocycles. The molecule has 0 radical (unpaired) electrons. The molecular formula is C10H14N2O. The van der Waals surface area contributed by atoms with Crippen molar-refractivity contribution in [3.05, 3.63) is 34.9 Å². The van der Waals surface area contributed by atoms with Crippen molar-refractivity contribution in [3.8, 4) is 0 Å². The summed E-state index contributed by atoms with van der Waals surface area (Å²) >= 11 is 0. The normalized spacial score (nSPS) is 10.0. The molecular weight excluding hydrogens is 164 g/mol. The fourth-order valence-corrected chi connectivity index (χ4v) is 1.34. The number of rotatable bonds is 3. The van der Waals surface area contributed by atoms with Crippen molar-refractivity contribution < 1.29 is 4.79 Å². The van der Waals surface area contributed by atoms with Gasteiger partial charge < -0.3 is 11.1 Å². The van der Waals surface area contributed by atoms with Crippen LogP contribution in [0.4, 0.5) is 0 Å². The van der Waals surface area contributed by atoms with E-state index in [1.54, 1.807) is 6.07 Å². The van der Waals surface area contributed by atoms with E-state index in [2.05, 4.69) is 5.32 Å². The highest BCUT2D eigenvalue weighted by atomic mass is 16.1. The summed E-state index contributed by atoms with van der Waals surface area (Å²) in [5.74, 6) is -0.367. The van der Waals surface area contributed by atoms with E-state index < -0.39 is 0 Å². The zero-order valence-corrected chi connectivity index (χ0v) is 7.92. The van der Waals surface area contributed by atoms with Crippen LogP contribution in [0.15, 0.2) is 18.2 Å². The lowest BCUT2D eigenvalue weighted by Crippen LogP contribution is -2.17. The molecule has 0 spiro atoms. The van der Waals surface area contributed by atoms with E-state index >= 15 is 0 Å². The molecule has 0 aliphatic heterocycles. The standard InChI is InChI=1S/C10H14N2O/c1-7-4-3-5-8(10(11)13)9(7)6-12-2/h3-5,12H,6H2,1-2H3,(H2,11,13). The van der Waals surface area contributed by atoms with Gasteiger partial charge in [-0.1, -0.05) is 12.1 Å². The molecule has 1 rings (SSSR count). The van der Waals surface area contributed by atoms with E-state index in [1.165, 1.54) is 0 Å². The summed E-state index contributed by atoms with van der Waals surface area (Å²) in [5.41, 5.74) is 7.93. The highest BCUT2D eigenvalue weighted by molar-refractivity contribution is 5.94. The monoisotopic (exact) mass is 178 g/mol. The number of benzene rings is 1. The van der Waals surface area contributed by atoms with Crippen molar-refractivity contribution in [1.29, 1.82) is 0 Å². The van der Waals surface area contributed by atoms with Gasteiger partial charge in [0.1, 0.15) is 0 Å². The van der Waals surface area contributed by atoms with Gasteiger partial charge in [-0.25, -0.2) is 0 Å². The van der Waals surface area contributed by atoms with Crippen LogP contribution in [0.2, 0.25) is 0 Å². The van der Waals surface area contributed by atoms with E-state index in [9.17, 15) is 4.79 Å². The lowest BCUT2D eigenvalue weighted by Gasteiger charge is -2.08. The largest absolute Gasteiger partial charge is 0.366 e. The van der Waals surface area contributed by atoms with Crippen molar-refractivity contribution in [3.63, 3.8) is 0 Å². The van der Waals surface area contributed by atoms with Gasteiger partial charge in [0, 0.05) is 12.1 Å². The molecule has 0 aliphatic carbocycles. The first-order valence-corrected chi connectivity index (χ1v) is 4.19. The summed E-state index contributed by atoms with van der Waals surface area (Å²) in [6, 6.07) is 5.57. The summed E-state index contributed by atoms with van der Waals surface area (Å²) in [7, 11) is 1.84. The van der Waals surface area contributed by atoms with Crippen LogP contribution < -0.4 is 11.1 Å². The van der Waals surface area contributed by atoms with Crippen LogP contribution in [0.3, 0.4) is 0 Å². The fourth-order valence-electron chi connectivity index (χ4n) is 1.34. The minimum Gasteiger partial charge on any atom is -0.366 e. The van der Waals surface area contributed by atoms with Crippen LogP contribution in [0.1, 0.15) is 21.5 Å². The molecule has 13 heavy (non-hydrogen) atoms. The Morgan fingerprint density at radius 1 is 1.54 bits per heavy atom. The van der Waals surface area contributed by atoms with E-state index in [0.29, 0.717) is 12.1 Å². The highest BCUT2D eigenvalue weighted by Gasteiger charge is 2.08. The van der Waals surface area contributed by atoms with Crippen LogP contribution in [-0.2, 0) is 6.54 Å². The Kier molecular flexibility index (Phi) is 3.03. The number of primary amides is 1. The van der Waals surface area contributed by atoms with Crippen LogP contribution >= 0.6 is 0 Å². The number of carbonyl (C=O) groups is 1. The van der Waals surface area contributed by atoms with Gasteiger partial charge >= 0.3 is 0 Å². The summed E-state index contributed by atoms with van der Waals surface area (Å²) < 4.78 is 0. The average molecular weight is 178 g/mol. The Bertz CT molecular complexity index is 321. The Hall–Kier alpha value is -1.35. The van der Waals surface area contributed by atoms with Crippen LogP contribution in [0.25, 0.3) is 0 Å². The summed E-state index contributed by atoms with van der Waals surface area (Å²) in [6.07, 6.45) is 0. The third-order valence-corrected chi connectivity index (χ3v) is 2.03. The van der Waals surface area contributed by atoms with Crippen molar-refractivity contribution in [2.24, 2.45) is 5.73 Å². The number of carbonyl (C=O) groups excluding carboxylic acids is 1. The van der Waals surface area contributed by atoms with Gasteiger partial charge in [-0.3, -0.25) is 4.79 Å². The molecule has 0 unspecified atom stereocenters. The lowest BCUT2D eigenvalue weighted by molar-refractivity contribution is 0.0999. The number of amides is 1. The van der Waals surface area contributed by atoms with Crippen LogP contribution in [0.5, 0.6) is 0 Å². The Labute approximate surface area is 77.9 Å². The minimum absolute atomic E-state index is 0.367. The van der Waals surface area contributed by atoms with Crippen molar-refractivity contribution >= 4 is 5.91 Å². The Morgan fingerprint density at radius 2 is 2.23 bits per heavy atom. The molecule has 3 N–H and O–H groups in total. The van der Waals surface area contributed by atoms with Gasteiger partial charge in [0.05, 0.1) is 0 Å². The maximum absolute atomic E-state index is 11.0. The number of nitrogens with one attached hydrogen (secondary N) is 1. The molecule has 3 heteroatoms. The molecule has 0 saturated heterocycles. The van der Waals surface area contributed by atoms with Gasteiger partial charge in [0.25, 0.3) is 0 Å². The predicted molar refractivity (Wildman–Crippen MR) is 52.5 cm³/mol. The van der Waals surface area contributed by atoms with E-state index in [0.717, 1.165) is 11.1 Å². The van der Waals surface area contributed by atoms with Gasteiger partial charge in [0.2, 0.25) is 5.91 Å². The third-order valence-electron chi connectivity index (χ3n) is 2.03. The number of hydrogen-bond donors (Lipinski definition) is 2. The minimum atomic E-state index is -0.367. The molecule has 1 amide bonds. The van der Waals surface area contributed by atoms with E-state index in [-0.39, 0.29) is 5.91 Å². The molecule has 0 fully saturated rings. The smallest absolute Gasteiger partial charge is 0.249 e. The first-order chi connectivity index (χ1) is 6.16. The Balaban J connectivity index is 3.17. The predicted octanol–water partition coefficient (Wildman–Crippen LogP) is 0.813. The molecule has 1 aromatic carbocycles. The SMILES string of the molecule is CNCc1c(C)cccc1C(N)=O. The third kappa shape index (κ3) is 2.06. The van der Waals surface area contributed by atoms with Crippen LogP contribution in [0, 0.1) is 6.92 Å². The first-order valence-electron chi connectivity index (χ1n) is 4.19. The zero-order valence-electron chi connectivity index (χ0n) is 7.92. The van der Waals surface area contributed by atoms with Gasteiger partial charge in [-0.15, -0.1) is 0 Å². The topological polar surface area (TPSA) is 55.1 Å². The van der Waals surface area contributed by atoms with Crippen molar-refractivity contribution in [2.75, 3.05) is 7.05 Å². The zero-order chi connectivity index (χ0) is 9.84. The Morgan fingerprint density at radius 3 is 2.77 bits per heavy atom. The maximum atomic E-state index is 11.0. The van der Waals surface area contributed by atoms with Crippen molar-refractivity contribution in [2.45, 2.75) is 13.5 Å². The highest BCUT2D eigenvalue weighted by Crippen LogP contribution is 2.13. The number of nitrogens with two attached hydrogens (primary N) is 1. The second kappa shape index (κ2) is 4.05. The van der Waals surface area contributed by atoms with E-state index in [1.807, 2.05) is 26.1 Å². The number of hydrogen-bond acceptors (Lipinski definition) is 2. The van der Waals surface area contributed by atoms with Crippen molar-refractivity contribution in [1.82, 2.24) is 5.32 Å². The average Bonchev–Trinajstić information content (AvgIpc) is 2.08. The maximum Gasteiger partial charge on any atom is 0.249 e. The molecule has 0 aliphatic rings. The number of aryl methyl sites for hydroxylation is 1. The summed E-state index contributed by atoms with van der Waals surface area (Å²) in [4.78, 5) is 11.0. The lowest BCUT2D eigenvalue weighted by atomic mass is 10.0. The second-order valence-electron chi connectivity index (χ2n) is 3.00. The quantitative estimate of drug-likeness (QED) is 0.719. The fraction of sp³-hybridized carbons (Fsp3) is 0.300. The van der Waals surface area contributed by atoms with Gasteiger partial charge in [0.15, 0.2) is 0 Å². The molecule has 3 nitrogen and oxygen atoms in total. The molecule has 0 aromatic heterocycles. The molecule has 0 atom stereocenters. The van der Waals surface area contributed by atoms with Crippen LogP contribution in [-0.4, -0.2) is 13.0 Å². The molecule has 70 valence electrons. The summed E-state index contributed by atoms with van der Waals surface area (Å²) in [6.45, 7) is 2.64.